The van der Waals surface area contributed by atoms with Crippen LogP contribution in [0.4, 0.5) is 5.95 Å². The van der Waals surface area contributed by atoms with Crippen molar-refractivity contribution in [2.24, 2.45) is 0 Å². The third-order valence-corrected chi connectivity index (χ3v) is 6.55. The van der Waals surface area contributed by atoms with Crippen molar-refractivity contribution in [3.8, 4) is 5.75 Å². The second kappa shape index (κ2) is 9.61. The van der Waals surface area contributed by atoms with Crippen LogP contribution in [0.1, 0.15) is 49.9 Å². The average Bonchev–Trinajstić information content (AvgIpc) is 3.18. The van der Waals surface area contributed by atoms with Crippen LogP contribution >= 0.6 is 11.8 Å². The summed E-state index contributed by atoms with van der Waals surface area (Å²) in [6.07, 6.45) is 1.04. The molecule has 1 aliphatic heterocycles. The number of hydrogen-bond donors (Lipinski definition) is 1. The zero-order valence-corrected chi connectivity index (χ0v) is 19.7. The van der Waals surface area contributed by atoms with E-state index in [1.165, 1.54) is 5.56 Å². The van der Waals surface area contributed by atoms with Crippen molar-refractivity contribution >= 4 is 23.5 Å². The Hall–Kier alpha value is -3.06. The van der Waals surface area contributed by atoms with Crippen molar-refractivity contribution in [3.63, 3.8) is 0 Å². The maximum atomic E-state index is 12.7. The van der Waals surface area contributed by atoms with E-state index in [-0.39, 0.29) is 5.78 Å². The second-order valence-electron chi connectivity index (χ2n) is 7.89. The molecule has 166 valence electrons. The van der Waals surface area contributed by atoms with Crippen LogP contribution in [0.5, 0.6) is 5.75 Å². The Balaban J connectivity index is 1.75. The molecular weight excluding hydrogens is 420 g/mol. The third kappa shape index (κ3) is 4.43. The number of rotatable bonds is 8. The van der Waals surface area contributed by atoms with E-state index in [2.05, 4.69) is 36.3 Å². The van der Waals surface area contributed by atoms with Gasteiger partial charge in [0.25, 0.3) is 0 Å². The predicted molar refractivity (Wildman–Crippen MR) is 128 cm³/mol. The number of benzene rings is 2. The number of allylic oxidation sites excluding steroid dienone is 2. The molecule has 0 radical (unpaired) electrons. The minimum Gasteiger partial charge on any atom is -0.489 e. The number of para-hydroxylation sites is 1. The lowest BCUT2D eigenvalue weighted by Crippen LogP contribution is -2.28. The smallest absolute Gasteiger partial charge is 0.227 e. The Morgan fingerprint density at radius 3 is 2.66 bits per heavy atom. The zero-order valence-electron chi connectivity index (χ0n) is 18.9. The van der Waals surface area contributed by atoms with Gasteiger partial charge < -0.3 is 10.1 Å². The largest absolute Gasteiger partial charge is 0.489 e. The number of thioether (sulfide) groups is 1. The number of carbonyl (C=O) groups excluding carboxylic acids is 1. The van der Waals surface area contributed by atoms with Crippen molar-refractivity contribution in [3.05, 3.63) is 76.5 Å². The molecule has 2 aromatic carbocycles. The van der Waals surface area contributed by atoms with Gasteiger partial charge in [0, 0.05) is 22.6 Å². The fraction of sp³-hybridized carbons (Fsp3) is 0.320. The first-order valence-electron chi connectivity index (χ1n) is 10.8. The Morgan fingerprint density at radius 2 is 1.91 bits per heavy atom. The van der Waals surface area contributed by atoms with Gasteiger partial charge in [-0.25, -0.2) is 4.68 Å². The summed E-state index contributed by atoms with van der Waals surface area (Å²) < 4.78 is 8.10. The lowest BCUT2D eigenvalue weighted by molar-refractivity contribution is -0.114. The third-order valence-electron chi connectivity index (χ3n) is 5.51. The highest BCUT2D eigenvalue weighted by Crippen LogP contribution is 2.40. The summed E-state index contributed by atoms with van der Waals surface area (Å²) in [7, 11) is 0. The highest BCUT2D eigenvalue weighted by Gasteiger charge is 2.34. The number of nitrogens with one attached hydrogen (secondary N) is 1. The number of anilines is 1. The average molecular weight is 449 g/mol. The van der Waals surface area contributed by atoms with Crippen LogP contribution in [0.2, 0.25) is 0 Å². The number of aromatic nitrogens is 3. The Bertz CT molecular complexity index is 1170. The summed E-state index contributed by atoms with van der Waals surface area (Å²) >= 11 is 1.62. The standard InChI is InChI=1S/C25H28N4O2S/c1-5-14-32-25-27-24-26-17(3)22(18(4)30)23(29(24)28-25)20-12-8-9-13-21(20)31-15-19-11-7-6-10-16(19)2/h6-13,23H,5,14-15H2,1-4H3,(H,26,27,28). The summed E-state index contributed by atoms with van der Waals surface area (Å²) in [6, 6.07) is 15.7. The quantitative estimate of drug-likeness (QED) is 0.456. The number of Topliss-reactive ketones (excluding diaryl/α,β-unsaturated/α-hetero) is 1. The molecule has 1 unspecified atom stereocenters. The second-order valence-corrected chi connectivity index (χ2v) is 8.95. The lowest BCUT2D eigenvalue weighted by Gasteiger charge is -2.29. The molecule has 1 aromatic heterocycles. The van der Waals surface area contributed by atoms with E-state index < -0.39 is 6.04 Å². The van der Waals surface area contributed by atoms with Crippen LogP contribution in [0.3, 0.4) is 0 Å². The van der Waals surface area contributed by atoms with Crippen LogP contribution in [-0.2, 0) is 11.4 Å². The number of hydrogen-bond acceptors (Lipinski definition) is 6. The number of aryl methyl sites for hydroxylation is 1. The number of ether oxygens (including phenoxy) is 1. The molecular formula is C25H28N4O2S. The molecule has 0 saturated heterocycles. The normalized spacial score (nSPS) is 15.3. The van der Waals surface area contributed by atoms with Crippen LogP contribution < -0.4 is 10.1 Å². The summed E-state index contributed by atoms with van der Waals surface area (Å²) in [5.74, 6) is 2.32. The van der Waals surface area contributed by atoms with Crippen molar-refractivity contribution < 1.29 is 9.53 Å². The van der Waals surface area contributed by atoms with Gasteiger partial charge in [-0.15, -0.1) is 5.10 Å². The van der Waals surface area contributed by atoms with Crippen LogP contribution in [-0.4, -0.2) is 26.3 Å². The van der Waals surface area contributed by atoms with Crippen molar-refractivity contribution in [2.45, 2.75) is 51.9 Å². The molecule has 1 atom stereocenters. The predicted octanol–water partition coefficient (Wildman–Crippen LogP) is 5.55. The Labute approximate surface area is 193 Å². The minimum atomic E-state index is -0.403. The minimum absolute atomic E-state index is 0.00221. The maximum absolute atomic E-state index is 12.7. The van der Waals surface area contributed by atoms with Crippen molar-refractivity contribution in [2.75, 3.05) is 11.1 Å². The number of nitrogens with zero attached hydrogens (tertiary/aromatic N) is 3. The van der Waals surface area contributed by atoms with E-state index in [0.717, 1.165) is 34.7 Å². The highest BCUT2D eigenvalue weighted by molar-refractivity contribution is 7.99. The number of fused-ring (bicyclic) bond motifs is 1. The molecule has 4 rings (SSSR count). The zero-order chi connectivity index (χ0) is 22.7. The molecule has 0 bridgehead atoms. The number of ketones is 1. The van der Waals surface area contributed by atoms with E-state index in [4.69, 9.17) is 9.84 Å². The molecule has 0 aliphatic carbocycles. The molecule has 0 saturated carbocycles. The topological polar surface area (TPSA) is 69.0 Å². The summed E-state index contributed by atoms with van der Waals surface area (Å²) in [5.41, 5.74) is 4.67. The van der Waals surface area contributed by atoms with Crippen LogP contribution in [0.25, 0.3) is 0 Å². The SMILES string of the molecule is CCCSc1nc2n(n1)C(c1ccccc1OCc1ccccc1C)C(C(C)=O)=C(C)N2. The molecule has 2 heterocycles. The Kier molecular flexibility index (Phi) is 6.65. The van der Waals surface area contributed by atoms with Gasteiger partial charge in [-0.1, -0.05) is 61.2 Å². The first-order chi connectivity index (χ1) is 15.5. The highest BCUT2D eigenvalue weighted by atomic mass is 32.2. The molecule has 0 spiro atoms. The number of carbonyl (C=O) groups is 1. The summed E-state index contributed by atoms with van der Waals surface area (Å²) in [5, 5.41) is 8.72. The summed E-state index contributed by atoms with van der Waals surface area (Å²) in [4.78, 5) is 17.4. The summed E-state index contributed by atoms with van der Waals surface area (Å²) in [6.45, 7) is 8.17. The van der Waals surface area contributed by atoms with Crippen molar-refractivity contribution in [1.82, 2.24) is 14.8 Å². The van der Waals surface area contributed by atoms with Gasteiger partial charge in [-0.2, -0.15) is 4.98 Å². The van der Waals surface area contributed by atoms with Crippen LogP contribution in [0.15, 0.2) is 65.0 Å². The van der Waals surface area contributed by atoms with Gasteiger partial charge in [-0.05, 0) is 44.4 Å². The van der Waals surface area contributed by atoms with Gasteiger partial charge in [0.05, 0.1) is 0 Å². The maximum Gasteiger partial charge on any atom is 0.227 e. The molecule has 0 fully saturated rings. The van der Waals surface area contributed by atoms with E-state index in [1.807, 2.05) is 48.0 Å². The van der Waals surface area contributed by atoms with Gasteiger partial charge in [0.2, 0.25) is 11.1 Å². The van der Waals surface area contributed by atoms with E-state index in [1.54, 1.807) is 18.7 Å². The molecule has 32 heavy (non-hydrogen) atoms. The molecule has 1 N–H and O–H groups in total. The first kappa shape index (κ1) is 22.1. The van der Waals surface area contributed by atoms with Gasteiger partial charge >= 0.3 is 0 Å². The molecule has 7 heteroatoms. The van der Waals surface area contributed by atoms with Gasteiger partial charge in [0.1, 0.15) is 18.4 Å². The van der Waals surface area contributed by atoms with Gasteiger partial charge in [0.15, 0.2) is 5.78 Å². The van der Waals surface area contributed by atoms with E-state index >= 15 is 0 Å². The molecule has 6 nitrogen and oxygen atoms in total. The van der Waals surface area contributed by atoms with Gasteiger partial charge in [-0.3, -0.25) is 4.79 Å². The molecule has 0 amide bonds. The first-order valence-corrected chi connectivity index (χ1v) is 11.8. The Morgan fingerprint density at radius 1 is 1.16 bits per heavy atom. The molecule has 1 aliphatic rings. The monoisotopic (exact) mass is 448 g/mol. The van der Waals surface area contributed by atoms with Crippen molar-refractivity contribution in [1.29, 1.82) is 0 Å². The molecule has 3 aromatic rings. The lowest BCUT2D eigenvalue weighted by atomic mass is 9.92. The van der Waals surface area contributed by atoms with E-state index in [9.17, 15) is 4.79 Å². The fourth-order valence-electron chi connectivity index (χ4n) is 3.90. The van der Waals surface area contributed by atoms with E-state index in [0.29, 0.717) is 23.3 Å². The fourth-order valence-corrected chi connectivity index (χ4v) is 4.58. The van der Waals surface area contributed by atoms with Crippen LogP contribution in [0, 0.1) is 6.92 Å².